The zero-order valence-electron chi connectivity index (χ0n) is 17.5. The van der Waals surface area contributed by atoms with Crippen molar-refractivity contribution in [2.24, 2.45) is 4.99 Å². The van der Waals surface area contributed by atoms with Crippen molar-refractivity contribution in [3.63, 3.8) is 0 Å². The number of halogens is 4. The van der Waals surface area contributed by atoms with Gasteiger partial charge >= 0.3 is 5.51 Å². The molecule has 1 fully saturated rings. The van der Waals surface area contributed by atoms with E-state index in [4.69, 9.17) is 9.47 Å². The topological polar surface area (TPSA) is 34.1 Å². The molecule has 168 valence electrons. The maximum Gasteiger partial charge on any atom is 0.446 e. The van der Waals surface area contributed by atoms with Crippen molar-refractivity contribution >= 4 is 23.8 Å². The van der Waals surface area contributed by atoms with E-state index in [0.717, 1.165) is 12.1 Å². The minimum Gasteiger partial charge on any atom is -0.375 e. The number of hydrogen-bond acceptors (Lipinski definition) is 4. The Kier molecular flexibility index (Phi) is 7.28. The van der Waals surface area contributed by atoms with Gasteiger partial charge in [0.25, 0.3) is 0 Å². The number of aliphatic imine (C=N–C) groups is 1. The van der Waals surface area contributed by atoms with Gasteiger partial charge < -0.3 is 14.4 Å². The molecule has 9 heteroatoms. The second-order valence-corrected chi connectivity index (χ2v) is 8.47. The maximum atomic E-state index is 14.7. The van der Waals surface area contributed by atoms with E-state index in [1.807, 2.05) is 25.8 Å². The van der Waals surface area contributed by atoms with Gasteiger partial charge in [0.1, 0.15) is 17.1 Å². The lowest BCUT2D eigenvalue weighted by atomic mass is 9.87. The summed E-state index contributed by atoms with van der Waals surface area (Å²) in [7, 11) is 1.84. The van der Waals surface area contributed by atoms with E-state index in [-0.39, 0.29) is 42.2 Å². The minimum absolute atomic E-state index is 0.0507. The van der Waals surface area contributed by atoms with Crippen molar-refractivity contribution in [3.05, 3.63) is 58.9 Å². The van der Waals surface area contributed by atoms with Crippen LogP contribution in [0.4, 0.5) is 23.2 Å². The van der Waals surface area contributed by atoms with Gasteiger partial charge in [-0.05, 0) is 60.5 Å². The Labute approximate surface area is 183 Å². The molecule has 2 aromatic carbocycles. The molecule has 0 N–H and O–H groups in total. The summed E-state index contributed by atoms with van der Waals surface area (Å²) in [4.78, 5) is 6.09. The summed E-state index contributed by atoms with van der Waals surface area (Å²) < 4.78 is 64.7. The van der Waals surface area contributed by atoms with Crippen molar-refractivity contribution in [2.75, 3.05) is 26.8 Å². The smallest absolute Gasteiger partial charge is 0.375 e. The Balaban J connectivity index is 1.82. The third-order valence-corrected chi connectivity index (χ3v) is 5.90. The summed E-state index contributed by atoms with van der Waals surface area (Å²) in [6, 6.07) is 9.24. The fourth-order valence-corrected chi connectivity index (χ4v) is 3.82. The first-order chi connectivity index (χ1) is 14.6. The van der Waals surface area contributed by atoms with Gasteiger partial charge in [-0.1, -0.05) is 18.2 Å². The molecular formula is C22H24F4N2O2S. The highest BCUT2D eigenvalue weighted by molar-refractivity contribution is 8.00. The highest BCUT2D eigenvalue weighted by atomic mass is 32.2. The second kappa shape index (κ2) is 9.58. The summed E-state index contributed by atoms with van der Waals surface area (Å²) in [6.07, 6.45) is 1.56. The first kappa shape index (κ1) is 23.6. The Morgan fingerprint density at radius 1 is 1.26 bits per heavy atom. The number of rotatable bonds is 8. The van der Waals surface area contributed by atoms with E-state index in [1.54, 1.807) is 30.6 Å². The van der Waals surface area contributed by atoms with Crippen LogP contribution >= 0.6 is 11.8 Å². The molecule has 31 heavy (non-hydrogen) atoms. The van der Waals surface area contributed by atoms with Crippen LogP contribution < -0.4 is 0 Å². The third kappa shape index (κ3) is 5.78. The molecule has 1 aliphatic heterocycles. The van der Waals surface area contributed by atoms with Crippen LogP contribution in [0.25, 0.3) is 0 Å². The average molecular weight is 457 g/mol. The molecule has 0 saturated carbocycles. The Morgan fingerprint density at radius 3 is 2.58 bits per heavy atom. The molecule has 0 aromatic heterocycles. The molecule has 1 saturated heterocycles. The van der Waals surface area contributed by atoms with Crippen molar-refractivity contribution in [1.82, 2.24) is 4.90 Å². The number of aryl methyl sites for hydroxylation is 1. The number of benzene rings is 2. The molecule has 0 spiro atoms. The lowest BCUT2D eigenvalue weighted by Gasteiger charge is -2.42. The highest BCUT2D eigenvalue weighted by Gasteiger charge is 2.43. The van der Waals surface area contributed by atoms with Gasteiger partial charge in [0, 0.05) is 18.5 Å². The van der Waals surface area contributed by atoms with Crippen LogP contribution in [-0.2, 0) is 21.7 Å². The number of hydrogen-bond donors (Lipinski definition) is 0. The quantitative estimate of drug-likeness (QED) is 0.218. The Morgan fingerprint density at radius 2 is 1.97 bits per heavy atom. The summed E-state index contributed by atoms with van der Waals surface area (Å²) in [5.74, 6) is -0.496. The first-order valence-electron chi connectivity index (χ1n) is 9.74. The van der Waals surface area contributed by atoms with Gasteiger partial charge in [-0.3, -0.25) is 0 Å². The predicted octanol–water partition coefficient (Wildman–Crippen LogP) is 5.80. The SMILES string of the molecule is CCN(C)C=Nc1cc(C)c(C2(OCc3ccccc3SC(F)(F)F)COC2)cc1F. The van der Waals surface area contributed by atoms with Crippen LogP contribution in [0.15, 0.2) is 46.3 Å². The van der Waals surface area contributed by atoms with Crippen LogP contribution in [0, 0.1) is 12.7 Å². The van der Waals surface area contributed by atoms with Crippen molar-refractivity contribution < 1.29 is 27.0 Å². The van der Waals surface area contributed by atoms with E-state index in [2.05, 4.69) is 4.99 Å². The largest absolute Gasteiger partial charge is 0.446 e. The fourth-order valence-electron chi connectivity index (χ4n) is 3.17. The molecule has 0 bridgehead atoms. The Hall–Kier alpha value is -2.10. The molecule has 0 aliphatic carbocycles. The molecule has 2 aromatic rings. The van der Waals surface area contributed by atoms with Gasteiger partial charge in [0.05, 0.1) is 26.2 Å². The van der Waals surface area contributed by atoms with Crippen molar-refractivity contribution in [2.45, 2.75) is 36.5 Å². The van der Waals surface area contributed by atoms with E-state index in [0.29, 0.717) is 11.1 Å². The lowest BCUT2D eigenvalue weighted by Crippen LogP contribution is -2.49. The van der Waals surface area contributed by atoms with E-state index < -0.39 is 16.9 Å². The minimum atomic E-state index is -4.39. The second-order valence-electron chi connectivity index (χ2n) is 7.37. The van der Waals surface area contributed by atoms with E-state index in [1.165, 1.54) is 12.1 Å². The average Bonchev–Trinajstić information content (AvgIpc) is 2.68. The molecule has 4 nitrogen and oxygen atoms in total. The maximum absolute atomic E-state index is 14.7. The van der Waals surface area contributed by atoms with Crippen LogP contribution in [0.5, 0.6) is 0 Å². The number of thioether (sulfide) groups is 1. The highest BCUT2D eigenvalue weighted by Crippen LogP contribution is 2.41. The molecule has 0 amide bonds. The van der Waals surface area contributed by atoms with Gasteiger partial charge in [-0.15, -0.1) is 0 Å². The monoisotopic (exact) mass is 456 g/mol. The van der Waals surface area contributed by atoms with E-state index in [9.17, 15) is 17.6 Å². The summed E-state index contributed by atoms with van der Waals surface area (Å²) in [5.41, 5.74) is -3.30. The van der Waals surface area contributed by atoms with Gasteiger partial charge in [0.15, 0.2) is 0 Å². The third-order valence-electron chi connectivity index (χ3n) is 5.05. The van der Waals surface area contributed by atoms with Crippen LogP contribution in [0.1, 0.15) is 23.6 Å². The predicted molar refractivity (Wildman–Crippen MR) is 113 cm³/mol. The number of nitrogens with zero attached hydrogens (tertiary/aromatic N) is 2. The summed E-state index contributed by atoms with van der Waals surface area (Å²) in [6.45, 7) is 4.87. The zero-order valence-corrected chi connectivity index (χ0v) is 18.3. The van der Waals surface area contributed by atoms with Gasteiger partial charge in [0.2, 0.25) is 0 Å². The fraction of sp³-hybridized carbons (Fsp3) is 0.409. The van der Waals surface area contributed by atoms with Crippen LogP contribution in [0.2, 0.25) is 0 Å². The van der Waals surface area contributed by atoms with Crippen molar-refractivity contribution in [1.29, 1.82) is 0 Å². The van der Waals surface area contributed by atoms with Crippen molar-refractivity contribution in [3.8, 4) is 0 Å². The first-order valence-corrected chi connectivity index (χ1v) is 10.6. The molecule has 0 atom stereocenters. The number of alkyl halides is 3. The number of ether oxygens (including phenoxy) is 2. The molecule has 1 heterocycles. The summed E-state index contributed by atoms with van der Waals surface area (Å²) >= 11 is -0.175. The molecular weight excluding hydrogens is 432 g/mol. The molecule has 0 radical (unpaired) electrons. The molecule has 3 rings (SSSR count). The normalized spacial score (nSPS) is 15.8. The van der Waals surface area contributed by atoms with E-state index >= 15 is 0 Å². The molecule has 0 unspecified atom stereocenters. The van der Waals surface area contributed by atoms with Crippen LogP contribution in [-0.4, -0.2) is 43.6 Å². The van der Waals surface area contributed by atoms with Gasteiger partial charge in [-0.2, -0.15) is 13.2 Å². The Bertz CT molecular complexity index is 946. The molecule has 1 aliphatic rings. The summed E-state index contributed by atoms with van der Waals surface area (Å²) in [5, 5.41) is 0. The zero-order chi connectivity index (χ0) is 22.6. The van der Waals surface area contributed by atoms with Crippen LogP contribution in [0.3, 0.4) is 0 Å². The lowest BCUT2D eigenvalue weighted by molar-refractivity contribution is -0.223. The van der Waals surface area contributed by atoms with Gasteiger partial charge in [-0.25, -0.2) is 9.38 Å². The standard InChI is InChI=1S/C22H24F4N2O2S/c1-4-28(3)14-27-19-9-15(2)17(10-18(19)23)21(12-29-13-21)30-11-16-7-5-6-8-20(16)31-22(24,25)26/h5-10,14H,4,11-13H2,1-3H3.